The highest BCUT2D eigenvalue weighted by Gasteiger charge is 2.18. The van der Waals surface area contributed by atoms with E-state index in [1.807, 2.05) is 6.92 Å². The fraction of sp³-hybridized carbons (Fsp3) is 0.538. The maximum absolute atomic E-state index is 11.9. The Labute approximate surface area is 113 Å². The summed E-state index contributed by atoms with van der Waals surface area (Å²) in [5.74, 6) is 0. The van der Waals surface area contributed by atoms with Crippen molar-refractivity contribution in [2.45, 2.75) is 24.3 Å². The van der Waals surface area contributed by atoms with Gasteiger partial charge in [0.2, 0.25) is 0 Å². The monoisotopic (exact) mass is 286 g/mol. The van der Waals surface area contributed by atoms with Crippen molar-refractivity contribution in [2.75, 3.05) is 26.4 Å². The van der Waals surface area contributed by atoms with Crippen LogP contribution in [0.5, 0.6) is 0 Å². The summed E-state index contributed by atoms with van der Waals surface area (Å²) in [5, 5.41) is 0. The van der Waals surface area contributed by atoms with Gasteiger partial charge in [-0.05, 0) is 19.1 Å². The number of ether oxygens (including phenoxy) is 2. The third-order valence-electron chi connectivity index (χ3n) is 2.87. The molecule has 0 bridgehead atoms. The highest BCUT2D eigenvalue weighted by atomic mass is 32.2. The molecule has 0 amide bonds. The van der Waals surface area contributed by atoms with Crippen molar-refractivity contribution in [2.24, 2.45) is 0 Å². The summed E-state index contributed by atoms with van der Waals surface area (Å²) in [4.78, 5) is 0.180. The summed E-state index contributed by atoms with van der Waals surface area (Å²) in [6.45, 7) is 3.64. The van der Waals surface area contributed by atoms with Crippen LogP contribution in [0.1, 0.15) is 12.0 Å². The minimum absolute atomic E-state index is 0.0815. The van der Waals surface area contributed by atoms with Gasteiger partial charge in [0.05, 0.1) is 37.4 Å². The zero-order chi connectivity index (χ0) is 13.7. The Kier molecular flexibility index (Phi) is 4.93. The minimum Gasteiger partial charge on any atom is -0.376 e. The fourth-order valence-corrected chi connectivity index (χ4v) is 2.69. The standard InChI is InChI=1S/C13H18O5S/c1-11-2-4-13(5-3-11)19(14,15)18-7-6-12-10-16-8-9-17-12/h2-5,12H,6-10H2,1H3. The molecule has 1 aromatic carbocycles. The Hall–Kier alpha value is -0.950. The Bertz CT molecular complexity index is 488. The molecular formula is C13H18O5S. The van der Waals surface area contributed by atoms with Crippen molar-refractivity contribution < 1.29 is 22.1 Å². The van der Waals surface area contributed by atoms with Crippen molar-refractivity contribution in [3.05, 3.63) is 29.8 Å². The van der Waals surface area contributed by atoms with Crippen LogP contribution in [0.3, 0.4) is 0 Å². The zero-order valence-electron chi connectivity index (χ0n) is 10.9. The van der Waals surface area contributed by atoms with E-state index in [-0.39, 0.29) is 17.6 Å². The van der Waals surface area contributed by atoms with Gasteiger partial charge in [0.15, 0.2) is 0 Å². The van der Waals surface area contributed by atoms with E-state index < -0.39 is 10.1 Å². The lowest BCUT2D eigenvalue weighted by Crippen LogP contribution is -2.29. The molecule has 0 saturated carbocycles. The van der Waals surface area contributed by atoms with E-state index in [2.05, 4.69) is 0 Å². The van der Waals surface area contributed by atoms with Gasteiger partial charge >= 0.3 is 0 Å². The highest BCUT2D eigenvalue weighted by Crippen LogP contribution is 2.14. The van der Waals surface area contributed by atoms with E-state index in [1.165, 1.54) is 0 Å². The normalized spacial score (nSPS) is 20.4. The molecule has 0 radical (unpaired) electrons. The molecule has 5 nitrogen and oxygen atoms in total. The quantitative estimate of drug-likeness (QED) is 0.768. The maximum Gasteiger partial charge on any atom is 0.296 e. The second-order valence-corrected chi connectivity index (χ2v) is 6.06. The van der Waals surface area contributed by atoms with Crippen LogP contribution in [0.4, 0.5) is 0 Å². The van der Waals surface area contributed by atoms with Crippen LogP contribution in [-0.2, 0) is 23.8 Å². The second kappa shape index (κ2) is 6.47. The first kappa shape index (κ1) is 14.5. The van der Waals surface area contributed by atoms with Crippen LogP contribution in [0.25, 0.3) is 0 Å². The van der Waals surface area contributed by atoms with Crippen LogP contribution in [0.15, 0.2) is 29.2 Å². The van der Waals surface area contributed by atoms with Crippen LogP contribution >= 0.6 is 0 Å². The molecule has 1 aliphatic heterocycles. The summed E-state index contributed by atoms with van der Waals surface area (Å²) >= 11 is 0. The Morgan fingerprint density at radius 1 is 1.26 bits per heavy atom. The van der Waals surface area contributed by atoms with E-state index in [0.29, 0.717) is 26.2 Å². The summed E-state index contributed by atoms with van der Waals surface area (Å²) in [6.07, 6.45) is 0.424. The van der Waals surface area contributed by atoms with Crippen LogP contribution < -0.4 is 0 Å². The molecule has 0 aliphatic carbocycles. The van der Waals surface area contributed by atoms with Crippen molar-refractivity contribution in [1.29, 1.82) is 0 Å². The molecule has 0 spiro atoms. The lowest BCUT2D eigenvalue weighted by Gasteiger charge is -2.22. The maximum atomic E-state index is 11.9. The van der Waals surface area contributed by atoms with E-state index in [9.17, 15) is 8.42 Å². The average molecular weight is 286 g/mol. The minimum atomic E-state index is -3.67. The van der Waals surface area contributed by atoms with E-state index in [0.717, 1.165) is 5.56 Å². The smallest absolute Gasteiger partial charge is 0.296 e. The first-order valence-electron chi connectivity index (χ1n) is 6.23. The van der Waals surface area contributed by atoms with Gasteiger partial charge < -0.3 is 9.47 Å². The predicted molar refractivity (Wildman–Crippen MR) is 69.5 cm³/mol. The van der Waals surface area contributed by atoms with Gasteiger partial charge in [0.25, 0.3) is 10.1 Å². The highest BCUT2D eigenvalue weighted by molar-refractivity contribution is 7.86. The molecule has 19 heavy (non-hydrogen) atoms. The number of hydrogen-bond acceptors (Lipinski definition) is 5. The molecule has 1 saturated heterocycles. The lowest BCUT2D eigenvalue weighted by atomic mass is 10.2. The Balaban J connectivity index is 1.85. The Morgan fingerprint density at radius 2 is 2.00 bits per heavy atom. The third-order valence-corrected chi connectivity index (χ3v) is 4.20. The Morgan fingerprint density at radius 3 is 2.63 bits per heavy atom. The first-order chi connectivity index (χ1) is 9.08. The van der Waals surface area contributed by atoms with Gasteiger partial charge in [-0.15, -0.1) is 0 Å². The van der Waals surface area contributed by atoms with E-state index >= 15 is 0 Å². The van der Waals surface area contributed by atoms with E-state index in [4.69, 9.17) is 13.7 Å². The fourth-order valence-electron chi connectivity index (χ4n) is 1.77. The van der Waals surface area contributed by atoms with Crippen LogP contribution in [-0.4, -0.2) is 40.9 Å². The van der Waals surface area contributed by atoms with Gasteiger partial charge in [-0.25, -0.2) is 0 Å². The number of benzene rings is 1. The molecule has 1 heterocycles. The number of rotatable bonds is 5. The van der Waals surface area contributed by atoms with Crippen molar-refractivity contribution in [1.82, 2.24) is 0 Å². The lowest BCUT2D eigenvalue weighted by molar-refractivity contribution is -0.0933. The molecule has 0 aromatic heterocycles. The zero-order valence-corrected chi connectivity index (χ0v) is 11.7. The second-order valence-electron chi connectivity index (χ2n) is 4.45. The summed E-state index contributed by atoms with van der Waals surface area (Å²) in [5.41, 5.74) is 1.01. The largest absolute Gasteiger partial charge is 0.376 e. The summed E-state index contributed by atoms with van der Waals surface area (Å²) in [6, 6.07) is 6.58. The molecule has 1 aromatic rings. The molecule has 106 valence electrons. The van der Waals surface area contributed by atoms with Gasteiger partial charge in [-0.1, -0.05) is 17.7 Å². The van der Waals surface area contributed by atoms with Gasteiger partial charge in [0, 0.05) is 6.42 Å². The molecule has 2 rings (SSSR count). The van der Waals surface area contributed by atoms with Crippen molar-refractivity contribution in [3.63, 3.8) is 0 Å². The van der Waals surface area contributed by atoms with Gasteiger partial charge in [0.1, 0.15) is 0 Å². The van der Waals surface area contributed by atoms with Crippen molar-refractivity contribution >= 4 is 10.1 Å². The SMILES string of the molecule is Cc1ccc(S(=O)(=O)OCCC2COCCO2)cc1. The predicted octanol–water partition coefficient (Wildman–Crippen LogP) is 1.51. The number of aryl methyl sites for hydroxylation is 1. The average Bonchev–Trinajstić information content (AvgIpc) is 2.40. The third kappa shape index (κ3) is 4.28. The van der Waals surface area contributed by atoms with Gasteiger partial charge in [-0.2, -0.15) is 8.42 Å². The van der Waals surface area contributed by atoms with E-state index in [1.54, 1.807) is 24.3 Å². The molecular weight excluding hydrogens is 268 g/mol. The molecule has 0 N–H and O–H groups in total. The summed E-state index contributed by atoms with van der Waals surface area (Å²) in [7, 11) is -3.67. The van der Waals surface area contributed by atoms with Crippen molar-refractivity contribution in [3.8, 4) is 0 Å². The molecule has 6 heteroatoms. The van der Waals surface area contributed by atoms with Crippen LogP contribution in [0, 0.1) is 6.92 Å². The molecule has 1 aliphatic rings. The summed E-state index contributed by atoms with van der Waals surface area (Å²) < 4.78 is 39.4. The molecule has 1 atom stereocenters. The molecule has 1 fully saturated rings. The molecule has 1 unspecified atom stereocenters. The van der Waals surface area contributed by atoms with Crippen LogP contribution in [0.2, 0.25) is 0 Å². The topological polar surface area (TPSA) is 61.8 Å². The number of hydrogen-bond donors (Lipinski definition) is 0. The van der Waals surface area contributed by atoms with Gasteiger partial charge in [-0.3, -0.25) is 4.18 Å². The first-order valence-corrected chi connectivity index (χ1v) is 7.64.